The van der Waals surface area contributed by atoms with Crippen LogP contribution in [0, 0.1) is 0 Å². The molecular formula is C11H21NO2. The van der Waals surface area contributed by atoms with Gasteiger partial charge in [-0.25, -0.2) is 0 Å². The Morgan fingerprint density at radius 3 is 2.57 bits per heavy atom. The van der Waals surface area contributed by atoms with Crippen LogP contribution in [0.4, 0.5) is 0 Å². The van der Waals surface area contributed by atoms with Gasteiger partial charge in [-0.1, -0.05) is 0 Å². The van der Waals surface area contributed by atoms with Crippen LogP contribution in [0.2, 0.25) is 0 Å². The Bertz CT molecular complexity index is 178. The summed E-state index contributed by atoms with van der Waals surface area (Å²) in [5.74, 6) is 0. The molecule has 2 rings (SSSR count). The maximum absolute atomic E-state index is 9.45. The van der Waals surface area contributed by atoms with Crippen molar-refractivity contribution in [3.63, 3.8) is 0 Å². The summed E-state index contributed by atoms with van der Waals surface area (Å²) >= 11 is 0. The lowest BCUT2D eigenvalue weighted by Gasteiger charge is -2.41. The lowest BCUT2D eigenvalue weighted by Crippen LogP contribution is -2.50. The summed E-state index contributed by atoms with van der Waals surface area (Å²) in [5.41, 5.74) is 0. The molecule has 1 unspecified atom stereocenters. The smallest absolute Gasteiger partial charge is 0.0619 e. The molecule has 1 atom stereocenters. The van der Waals surface area contributed by atoms with Crippen LogP contribution in [0.5, 0.6) is 0 Å². The van der Waals surface area contributed by atoms with Crippen molar-refractivity contribution in [3.05, 3.63) is 0 Å². The van der Waals surface area contributed by atoms with Crippen molar-refractivity contribution < 1.29 is 9.84 Å². The second kappa shape index (κ2) is 4.60. The first-order valence-electron chi connectivity index (χ1n) is 5.79. The molecule has 0 bridgehead atoms. The predicted octanol–water partition coefficient (Wildman–Crippen LogP) is 1.01. The summed E-state index contributed by atoms with van der Waals surface area (Å²) in [7, 11) is 0. The fraction of sp³-hybridized carbons (Fsp3) is 1.00. The number of ether oxygens (including phenoxy) is 1. The van der Waals surface area contributed by atoms with Gasteiger partial charge < -0.3 is 9.84 Å². The van der Waals surface area contributed by atoms with Gasteiger partial charge in [0.05, 0.1) is 19.3 Å². The molecule has 1 N–H and O–H groups in total. The van der Waals surface area contributed by atoms with Gasteiger partial charge in [0, 0.05) is 18.6 Å². The van der Waals surface area contributed by atoms with Crippen LogP contribution in [-0.4, -0.2) is 48.0 Å². The molecule has 2 aliphatic rings. The minimum absolute atomic E-state index is 0.0393. The van der Waals surface area contributed by atoms with E-state index in [1.807, 2.05) is 0 Å². The van der Waals surface area contributed by atoms with Crippen LogP contribution >= 0.6 is 0 Å². The highest BCUT2D eigenvalue weighted by Gasteiger charge is 2.29. The van der Waals surface area contributed by atoms with E-state index < -0.39 is 0 Å². The molecule has 1 aliphatic carbocycles. The summed E-state index contributed by atoms with van der Waals surface area (Å²) in [5, 5.41) is 9.45. The van der Waals surface area contributed by atoms with Gasteiger partial charge >= 0.3 is 0 Å². The number of aliphatic hydroxyl groups is 1. The molecule has 2 fully saturated rings. The van der Waals surface area contributed by atoms with E-state index in [4.69, 9.17) is 4.74 Å². The van der Waals surface area contributed by atoms with Gasteiger partial charge in [-0.3, -0.25) is 4.90 Å². The van der Waals surface area contributed by atoms with Gasteiger partial charge in [0.15, 0.2) is 0 Å². The molecule has 0 spiro atoms. The lowest BCUT2D eigenvalue weighted by atomic mass is 9.91. The van der Waals surface area contributed by atoms with Crippen LogP contribution in [-0.2, 0) is 4.74 Å². The highest BCUT2D eigenvalue weighted by atomic mass is 16.5. The predicted molar refractivity (Wildman–Crippen MR) is 55.2 cm³/mol. The van der Waals surface area contributed by atoms with Gasteiger partial charge in [0.25, 0.3) is 0 Å². The van der Waals surface area contributed by atoms with E-state index in [-0.39, 0.29) is 6.10 Å². The molecule has 0 radical (unpaired) electrons. The van der Waals surface area contributed by atoms with E-state index in [0.717, 1.165) is 45.4 Å². The number of rotatable bonds is 1. The molecule has 82 valence electrons. The molecule has 1 heterocycles. The molecule has 0 aromatic rings. The molecule has 1 saturated heterocycles. The quantitative estimate of drug-likeness (QED) is 0.684. The second-order valence-electron chi connectivity index (χ2n) is 4.62. The Kier molecular flexibility index (Phi) is 3.42. The van der Waals surface area contributed by atoms with E-state index in [1.54, 1.807) is 0 Å². The summed E-state index contributed by atoms with van der Waals surface area (Å²) < 4.78 is 5.43. The van der Waals surface area contributed by atoms with E-state index in [1.165, 1.54) is 0 Å². The third-order valence-electron chi connectivity index (χ3n) is 3.55. The fourth-order valence-electron chi connectivity index (χ4n) is 2.67. The number of hydrogen-bond donors (Lipinski definition) is 1. The summed E-state index contributed by atoms with van der Waals surface area (Å²) in [6.07, 6.45) is 4.24. The zero-order valence-corrected chi connectivity index (χ0v) is 8.98. The van der Waals surface area contributed by atoms with Crippen LogP contribution in [0.15, 0.2) is 0 Å². The van der Waals surface area contributed by atoms with Gasteiger partial charge in [0.2, 0.25) is 0 Å². The summed E-state index contributed by atoms with van der Waals surface area (Å²) in [6.45, 7) is 5.06. The Balaban J connectivity index is 1.87. The van der Waals surface area contributed by atoms with Crippen LogP contribution in [0.25, 0.3) is 0 Å². The molecule has 1 aliphatic heterocycles. The zero-order chi connectivity index (χ0) is 9.97. The van der Waals surface area contributed by atoms with Crippen LogP contribution < -0.4 is 0 Å². The average Bonchev–Trinajstić information content (AvgIpc) is 2.20. The molecule has 1 saturated carbocycles. The van der Waals surface area contributed by atoms with Gasteiger partial charge in [-0.05, 0) is 32.6 Å². The van der Waals surface area contributed by atoms with Crippen LogP contribution in [0.1, 0.15) is 32.6 Å². The maximum Gasteiger partial charge on any atom is 0.0619 e. The molecule has 3 heteroatoms. The highest BCUT2D eigenvalue weighted by Crippen LogP contribution is 2.25. The Morgan fingerprint density at radius 2 is 1.93 bits per heavy atom. The summed E-state index contributed by atoms with van der Waals surface area (Å²) in [6, 6.07) is 1.25. The SMILES string of the molecule is CC1COCCN1C1CCC(O)CC1. The Hall–Kier alpha value is -0.120. The lowest BCUT2D eigenvalue weighted by molar-refractivity contribution is -0.0377. The van der Waals surface area contributed by atoms with Crippen molar-refractivity contribution in [3.8, 4) is 0 Å². The van der Waals surface area contributed by atoms with E-state index in [9.17, 15) is 5.11 Å². The molecule has 0 aromatic heterocycles. The first kappa shape index (κ1) is 10.4. The van der Waals surface area contributed by atoms with Crippen molar-refractivity contribution in [1.82, 2.24) is 4.90 Å². The highest BCUT2D eigenvalue weighted by molar-refractivity contribution is 4.83. The first-order chi connectivity index (χ1) is 6.77. The Morgan fingerprint density at radius 1 is 1.21 bits per heavy atom. The minimum atomic E-state index is -0.0393. The first-order valence-corrected chi connectivity index (χ1v) is 5.79. The zero-order valence-electron chi connectivity index (χ0n) is 8.98. The van der Waals surface area contributed by atoms with Crippen LogP contribution in [0.3, 0.4) is 0 Å². The molecule has 3 nitrogen and oxygen atoms in total. The van der Waals surface area contributed by atoms with E-state index in [2.05, 4.69) is 11.8 Å². The monoisotopic (exact) mass is 199 g/mol. The van der Waals surface area contributed by atoms with Gasteiger partial charge in [0.1, 0.15) is 0 Å². The number of morpholine rings is 1. The van der Waals surface area contributed by atoms with Crippen molar-refractivity contribution in [1.29, 1.82) is 0 Å². The number of hydrogen-bond acceptors (Lipinski definition) is 3. The summed E-state index contributed by atoms with van der Waals surface area (Å²) in [4.78, 5) is 2.56. The maximum atomic E-state index is 9.45. The normalized spacial score (nSPS) is 41.1. The molecule has 0 amide bonds. The average molecular weight is 199 g/mol. The molecule has 14 heavy (non-hydrogen) atoms. The fourth-order valence-corrected chi connectivity index (χ4v) is 2.67. The Labute approximate surface area is 86.0 Å². The largest absolute Gasteiger partial charge is 0.393 e. The minimum Gasteiger partial charge on any atom is -0.393 e. The standard InChI is InChI=1S/C11H21NO2/c1-9-8-14-7-6-12(9)10-2-4-11(13)5-3-10/h9-11,13H,2-8H2,1H3. The third kappa shape index (κ3) is 2.27. The second-order valence-corrected chi connectivity index (χ2v) is 4.62. The van der Waals surface area contributed by atoms with E-state index >= 15 is 0 Å². The van der Waals surface area contributed by atoms with Crippen molar-refractivity contribution in [2.45, 2.75) is 50.8 Å². The molecule has 0 aromatic carbocycles. The number of aliphatic hydroxyl groups excluding tert-OH is 1. The van der Waals surface area contributed by atoms with Crippen molar-refractivity contribution in [2.24, 2.45) is 0 Å². The van der Waals surface area contributed by atoms with Gasteiger partial charge in [-0.15, -0.1) is 0 Å². The van der Waals surface area contributed by atoms with Gasteiger partial charge in [-0.2, -0.15) is 0 Å². The number of nitrogens with zero attached hydrogens (tertiary/aromatic N) is 1. The third-order valence-corrected chi connectivity index (χ3v) is 3.55. The molecular weight excluding hydrogens is 178 g/mol. The van der Waals surface area contributed by atoms with E-state index in [0.29, 0.717) is 12.1 Å². The topological polar surface area (TPSA) is 32.7 Å². The van der Waals surface area contributed by atoms with Crippen molar-refractivity contribution in [2.75, 3.05) is 19.8 Å². The van der Waals surface area contributed by atoms with Crippen molar-refractivity contribution >= 4 is 0 Å².